The van der Waals surface area contributed by atoms with Crippen LogP contribution in [0.25, 0.3) is 0 Å². The summed E-state index contributed by atoms with van der Waals surface area (Å²) in [4.78, 5) is 24.8. The van der Waals surface area contributed by atoms with Gasteiger partial charge in [0.15, 0.2) is 0 Å². The van der Waals surface area contributed by atoms with Crippen LogP contribution in [0.5, 0.6) is 0 Å². The Morgan fingerprint density at radius 1 is 1.07 bits per heavy atom. The first-order chi connectivity index (χ1) is 13.5. The van der Waals surface area contributed by atoms with E-state index in [0.717, 1.165) is 24.0 Å². The maximum Gasteiger partial charge on any atom is 0.251 e. The van der Waals surface area contributed by atoms with Crippen LogP contribution >= 0.6 is 0 Å². The highest BCUT2D eigenvalue weighted by atomic mass is 16.2. The number of aryl methyl sites for hydroxylation is 1. The molecule has 1 aliphatic carbocycles. The lowest BCUT2D eigenvalue weighted by atomic mass is 9.95. The molecule has 2 aromatic carbocycles. The van der Waals surface area contributed by atoms with E-state index in [4.69, 9.17) is 5.73 Å². The number of carbonyl (C=O) groups is 2. The highest BCUT2D eigenvalue weighted by molar-refractivity contribution is 5.96. The summed E-state index contributed by atoms with van der Waals surface area (Å²) in [6.07, 6.45) is 5.93. The van der Waals surface area contributed by atoms with E-state index in [1.807, 2.05) is 43.3 Å². The molecule has 0 bridgehead atoms. The normalized spacial score (nSPS) is 15.6. The standard InChI is InChI=1S/C23H29N3O2/c1-16-14-18(23(28)25-19-10-6-3-7-11-19)12-13-21(16)26-22(27)15-20(24)17-8-4-2-5-9-17/h2,4-5,8-9,12-14,19-20H,3,6-7,10-11,15,24H2,1H3,(H,25,28)(H,26,27). The van der Waals surface area contributed by atoms with Gasteiger partial charge in [-0.25, -0.2) is 0 Å². The summed E-state index contributed by atoms with van der Waals surface area (Å²) >= 11 is 0. The average molecular weight is 380 g/mol. The van der Waals surface area contributed by atoms with E-state index in [1.54, 1.807) is 12.1 Å². The zero-order chi connectivity index (χ0) is 19.9. The number of hydrogen-bond acceptors (Lipinski definition) is 3. The molecule has 28 heavy (non-hydrogen) atoms. The Morgan fingerprint density at radius 2 is 1.79 bits per heavy atom. The zero-order valence-corrected chi connectivity index (χ0v) is 16.4. The molecule has 1 unspecified atom stereocenters. The van der Waals surface area contributed by atoms with E-state index >= 15 is 0 Å². The molecule has 1 aliphatic rings. The average Bonchev–Trinajstić information content (AvgIpc) is 2.71. The molecular formula is C23H29N3O2. The fourth-order valence-electron chi connectivity index (χ4n) is 3.68. The van der Waals surface area contributed by atoms with Crippen LogP contribution in [0.1, 0.15) is 66.1 Å². The second-order valence-corrected chi connectivity index (χ2v) is 7.61. The Morgan fingerprint density at radius 3 is 2.46 bits per heavy atom. The molecular weight excluding hydrogens is 350 g/mol. The molecule has 5 heteroatoms. The lowest BCUT2D eigenvalue weighted by Gasteiger charge is -2.23. The van der Waals surface area contributed by atoms with Crippen LogP contribution in [-0.4, -0.2) is 17.9 Å². The second-order valence-electron chi connectivity index (χ2n) is 7.61. The van der Waals surface area contributed by atoms with Crippen molar-refractivity contribution in [2.24, 2.45) is 5.73 Å². The molecule has 0 heterocycles. The first-order valence-corrected chi connectivity index (χ1v) is 10.0. The van der Waals surface area contributed by atoms with Gasteiger partial charge in [-0.15, -0.1) is 0 Å². The van der Waals surface area contributed by atoms with Crippen LogP contribution < -0.4 is 16.4 Å². The SMILES string of the molecule is Cc1cc(C(=O)NC2CCCCC2)ccc1NC(=O)CC(N)c1ccccc1. The molecule has 0 saturated heterocycles. The van der Waals surface area contributed by atoms with Crippen molar-refractivity contribution >= 4 is 17.5 Å². The molecule has 3 rings (SSSR count). The van der Waals surface area contributed by atoms with Gasteiger partial charge in [-0.3, -0.25) is 9.59 Å². The van der Waals surface area contributed by atoms with Crippen LogP contribution in [0.3, 0.4) is 0 Å². The Hall–Kier alpha value is -2.66. The molecule has 148 valence electrons. The van der Waals surface area contributed by atoms with Gasteiger partial charge in [0.25, 0.3) is 5.91 Å². The van der Waals surface area contributed by atoms with Crippen molar-refractivity contribution in [3.8, 4) is 0 Å². The van der Waals surface area contributed by atoms with Gasteiger partial charge in [0.05, 0.1) is 0 Å². The fourth-order valence-corrected chi connectivity index (χ4v) is 3.68. The quantitative estimate of drug-likeness (QED) is 0.707. The van der Waals surface area contributed by atoms with Gasteiger partial charge in [0.1, 0.15) is 0 Å². The van der Waals surface area contributed by atoms with Gasteiger partial charge in [0, 0.05) is 29.8 Å². The Bertz CT molecular complexity index is 814. The van der Waals surface area contributed by atoms with Crippen molar-refractivity contribution in [2.45, 2.75) is 57.5 Å². The number of carbonyl (C=O) groups excluding carboxylic acids is 2. The molecule has 0 spiro atoms. The van der Waals surface area contributed by atoms with Crippen molar-refractivity contribution < 1.29 is 9.59 Å². The number of rotatable bonds is 6. The van der Waals surface area contributed by atoms with E-state index < -0.39 is 0 Å². The van der Waals surface area contributed by atoms with Crippen LogP contribution in [-0.2, 0) is 4.79 Å². The maximum atomic E-state index is 12.5. The van der Waals surface area contributed by atoms with Gasteiger partial charge in [0.2, 0.25) is 5.91 Å². The third kappa shape index (κ3) is 5.42. The first-order valence-electron chi connectivity index (χ1n) is 10.0. The third-order valence-electron chi connectivity index (χ3n) is 5.34. The van der Waals surface area contributed by atoms with E-state index in [-0.39, 0.29) is 30.3 Å². The number of anilines is 1. The third-order valence-corrected chi connectivity index (χ3v) is 5.34. The smallest absolute Gasteiger partial charge is 0.251 e. The Labute approximate surface area is 166 Å². The molecule has 0 radical (unpaired) electrons. The summed E-state index contributed by atoms with van der Waals surface area (Å²) in [5.41, 5.74) is 9.25. The van der Waals surface area contributed by atoms with Crippen molar-refractivity contribution in [3.63, 3.8) is 0 Å². The Kier molecular flexibility index (Phi) is 6.82. The number of nitrogens with one attached hydrogen (secondary N) is 2. The largest absolute Gasteiger partial charge is 0.349 e. The van der Waals surface area contributed by atoms with E-state index in [9.17, 15) is 9.59 Å². The Balaban J connectivity index is 1.57. The van der Waals surface area contributed by atoms with Gasteiger partial charge in [-0.2, -0.15) is 0 Å². The highest BCUT2D eigenvalue weighted by Crippen LogP contribution is 2.21. The van der Waals surface area contributed by atoms with E-state index in [1.165, 1.54) is 19.3 Å². The minimum atomic E-state index is -0.345. The predicted octanol–water partition coefficient (Wildman–Crippen LogP) is 4.09. The topological polar surface area (TPSA) is 84.2 Å². The molecule has 0 aliphatic heterocycles. The van der Waals surface area contributed by atoms with Gasteiger partial charge in [-0.05, 0) is 49.1 Å². The van der Waals surface area contributed by atoms with Gasteiger partial charge >= 0.3 is 0 Å². The molecule has 1 saturated carbocycles. The van der Waals surface area contributed by atoms with Crippen molar-refractivity contribution in [1.29, 1.82) is 0 Å². The molecule has 2 amide bonds. The molecule has 4 N–H and O–H groups in total. The van der Waals surface area contributed by atoms with E-state index in [2.05, 4.69) is 10.6 Å². The molecule has 5 nitrogen and oxygen atoms in total. The molecule has 1 fully saturated rings. The first kappa shape index (κ1) is 20.1. The van der Waals surface area contributed by atoms with E-state index in [0.29, 0.717) is 11.3 Å². The molecule has 2 aromatic rings. The lowest BCUT2D eigenvalue weighted by molar-refractivity contribution is -0.116. The molecule has 1 atom stereocenters. The van der Waals surface area contributed by atoms with Crippen molar-refractivity contribution in [1.82, 2.24) is 5.32 Å². The zero-order valence-electron chi connectivity index (χ0n) is 16.4. The highest BCUT2D eigenvalue weighted by Gasteiger charge is 2.17. The summed E-state index contributed by atoms with van der Waals surface area (Å²) in [5.74, 6) is -0.183. The summed E-state index contributed by atoms with van der Waals surface area (Å²) in [5, 5.41) is 6.03. The number of nitrogens with two attached hydrogens (primary N) is 1. The van der Waals surface area contributed by atoms with Crippen LogP contribution in [0, 0.1) is 6.92 Å². The maximum absolute atomic E-state index is 12.5. The summed E-state index contributed by atoms with van der Waals surface area (Å²) in [7, 11) is 0. The summed E-state index contributed by atoms with van der Waals surface area (Å²) < 4.78 is 0. The lowest BCUT2D eigenvalue weighted by Crippen LogP contribution is -2.36. The minimum absolute atomic E-state index is 0.0426. The number of amides is 2. The summed E-state index contributed by atoms with van der Waals surface area (Å²) in [6, 6.07) is 14.9. The van der Waals surface area contributed by atoms with Gasteiger partial charge < -0.3 is 16.4 Å². The van der Waals surface area contributed by atoms with Crippen LogP contribution in [0.2, 0.25) is 0 Å². The monoisotopic (exact) mass is 379 g/mol. The van der Waals surface area contributed by atoms with Crippen molar-refractivity contribution in [3.05, 3.63) is 65.2 Å². The summed E-state index contributed by atoms with van der Waals surface area (Å²) in [6.45, 7) is 1.89. The number of hydrogen-bond donors (Lipinski definition) is 3. The van der Waals surface area contributed by atoms with Crippen LogP contribution in [0.4, 0.5) is 5.69 Å². The second kappa shape index (κ2) is 9.51. The molecule has 0 aromatic heterocycles. The predicted molar refractivity (Wildman–Crippen MR) is 112 cm³/mol. The van der Waals surface area contributed by atoms with Crippen molar-refractivity contribution in [2.75, 3.05) is 5.32 Å². The minimum Gasteiger partial charge on any atom is -0.349 e. The van der Waals surface area contributed by atoms with Gasteiger partial charge in [-0.1, -0.05) is 49.6 Å². The van der Waals surface area contributed by atoms with Crippen LogP contribution in [0.15, 0.2) is 48.5 Å². The fraction of sp³-hybridized carbons (Fsp3) is 0.391. The number of benzene rings is 2.